The average molecular weight is 617 g/mol. The topological polar surface area (TPSA) is 136 Å². The summed E-state index contributed by atoms with van der Waals surface area (Å²) in [5, 5.41) is 16.7. The number of fused-ring (bicyclic) bond motifs is 2. The Morgan fingerprint density at radius 2 is 1.39 bits per heavy atom. The number of primary amides is 1. The van der Waals surface area contributed by atoms with Crippen LogP contribution in [0.2, 0.25) is 0 Å². The predicted octanol–water partition coefficient (Wildman–Crippen LogP) is 5.97. The van der Waals surface area contributed by atoms with Gasteiger partial charge >= 0.3 is 11.9 Å². The van der Waals surface area contributed by atoms with Crippen molar-refractivity contribution in [2.24, 2.45) is 5.73 Å². The fourth-order valence-electron chi connectivity index (χ4n) is 5.82. The van der Waals surface area contributed by atoms with Crippen LogP contribution in [-0.4, -0.2) is 40.5 Å². The molecule has 5 rings (SSSR count). The van der Waals surface area contributed by atoms with Crippen LogP contribution >= 0.6 is 0 Å². The molecule has 0 spiro atoms. The minimum atomic E-state index is -2.40. The number of carbonyl (C=O) groups excluding carboxylic acids is 3. The van der Waals surface area contributed by atoms with Gasteiger partial charge in [-0.2, -0.15) is 0 Å². The van der Waals surface area contributed by atoms with Gasteiger partial charge in [0.25, 0.3) is 5.91 Å². The molecule has 2 atom stereocenters. The summed E-state index contributed by atoms with van der Waals surface area (Å²) >= 11 is 0. The van der Waals surface area contributed by atoms with E-state index in [1.807, 2.05) is 103 Å². The first-order chi connectivity index (χ1) is 22.2. The number of nitrogens with one attached hydrogen (secondary N) is 1. The van der Waals surface area contributed by atoms with Crippen LogP contribution in [0.4, 0.5) is 0 Å². The molecule has 0 saturated heterocycles. The fraction of sp³-hybridized carbons (Fsp3) is 0.211. The molecule has 234 valence electrons. The summed E-state index contributed by atoms with van der Waals surface area (Å²) < 4.78 is 5.75. The number of aliphatic carboxylic acids is 1. The molecule has 0 fully saturated rings. The summed E-state index contributed by atoms with van der Waals surface area (Å²) in [5.41, 5.74) is 5.77. The number of carboxylic acid groups (broad SMARTS) is 1. The highest BCUT2D eigenvalue weighted by Crippen LogP contribution is 2.26. The van der Waals surface area contributed by atoms with E-state index in [9.17, 15) is 24.3 Å². The molecule has 8 nitrogen and oxygen atoms in total. The Bertz CT molecular complexity index is 1900. The molecule has 0 bridgehead atoms. The van der Waals surface area contributed by atoms with Crippen molar-refractivity contribution >= 4 is 45.3 Å². The second kappa shape index (κ2) is 14.1. The molecule has 46 heavy (non-hydrogen) atoms. The SMILES string of the molecule is CCC[C@](NC(=O)c1cc2ccccc2cc1Cc1ccccc1)(C(=O)O)C(=O)O[C@H](CC(N)=O)Cc1ccc2ccccc2c1. The number of esters is 1. The summed E-state index contributed by atoms with van der Waals surface area (Å²) in [4.78, 5) is 52.8. The Labute approximate surface area is 267 Å². The van der Waals surface area contributed by atoms with Crippen molar-refractivity contribution in [2.75, 3.05) is 0 Å². The van der Waals surface area contributed by atoms with Crippen LogP contribution in [0.1, 0.15) is 53.2 Å². The van der Waals surface area contributed by atoms with Crippen molar-refractivity contribution in [3.05, 3.63) is 131 Å². The van der Waals surface area contributed by atoms with Gasteiger partial charge in [-0.05, 0) is 57.1 Å². The predicted molar refractivity (Wildman–Crippen MR) is 177 cm³/mol. The van der Waals surface area contributed by atoms with Crippen LogP contribution < -0.4 is 11.1 Å². The number of hydrogen-bond donors (Lipinski definition) is 3. The Morgan fingerprint density at radius 1 is 0.783 bits per heavy atom. The number of rotatable bonds is 13. The average Bonchev–Trinajstić information content (AvgIpc) is 3.04. The van der Waals surface area contributed by atoms with E-state index in [4.69, 9.17) is 10.5 Å². The number of hydrogen-bond acceptors (Lipinski definition) is 5. The maximum absolute atomic E-state index is 14.0. The molecule has 2 amide bonds. The molecular formula is C38H36N2O6. The van der Waals surface area contributed by atoms with Gasteiger partial charge in [-0.15, -0.1) is 0 Å². The first kappa shape index (κ1) is 31.9. The molecule has 0 heterocycles. The second-order valence-corrected chi connectivity index (χ2v) is 11.5. The van der Waals surface area contributed by atoms with E-state index in [2.05, 4.69) is 5.32 Å². The molecule has 5 aromatic carbocycles. The first-order valence-corrected chi connectivity index (χ1v) is 15.3. The number of ether oxygens (including phenoxy) is 1. The van der Waals surface area contributed by atoms with Gasteiger partial charge in [0, 0.05) is 12.0 Å². The van der Waals surface area contributed by atoms with Gasteiger partial charge in [0.1, 0.15) is 6.10 Å². The highest BCUT2D eigenvalue weighted by Gasteiger charge is 2.49. The number of benzene rings is 5. The van der Waals surface area contributed by atoms with Crippen molar-refractivity contribution in [3.63, 3.8) is 0 Å². The minimum absolute atomic E-state index is 0.126. The van der Waals surface area contributed by atoms with E-state index in [0.717, 1.165) is 32.7 Å². The minimum Gasteiger partial charge on any atom is -0.479 e. The van der Waals surface area contributed by atoms with Gasteiger partial charge in [0.05, 0.1) is 6.42 Å². The molecular weight excluding hydrogens is 580 g/mol. The van der Waals surface area contributed by atoms with Crippen molar-refractivity contribution in [1.82, 2.24) is 5.32 Å². The summed E-state index contributed by atoms with van der Waals surface area (Å²) in [6.07, 6.45) is -0.802. The van der Waals surface area contributed by atoms with Gasteiger partial charge in [-0.3, -0.25) is 9.59 Å². The van der Waals surface area contributed by atoms with E-state index < -0.39 is 35.4 Å². The number of amides is 2. The highest BCUT2D eigenvalue weighted by molar-refractivity contribution is 6.10. The Balaban J connectivity index is 1.47. The van der Waals surface area contributed by atoms with Crippen LogP contribution in [0.3, 0.4) is 0 Å². The zero-order valence-electron chi connectivity index (χ0n) is 25.6. The lowest BCUT2D eigenvalue weighted by Crippen LogP contribution is -2.61. The summed E-state index contributed by atoms with van der Waals surface area (Å²) in [6.45, 7) is 1.71. The van der Waals surface area contributed by atoms with Crippen LogP contribution in [0.15, 0.2) is 109 Å². The van der Waals surface area contributed by atoms with E-state index >= 15 is 0 Å². The number of carbonyl (C=O) groups is 4. The van der Waals surface area contributed by atoms with E-state index in [-0.39, 0.29) is 31.2 Å². The van der Waals surface area contributed by atoms with Crippen LogP contribution in [0.25, 0.3) is 21.5 Å². The van der Waals surface area contributed by atoms with Crippen LogP contribution in [0, 0.1) is 0 Å². The quantitative estimate of drug-likeness (QED) is 0.110. The largest absolute Gasteiger partial charge is 0.479 e. The maximum Gasteiger partial charge on any atom is 0.344 e. The Hall–Kier alpha value is -5.50. The van der Waals surface area contributed by atoms with E-state index in [1.54, 1.807) is 13.0 Å². The lowest BCUT2D eigenvalue weighted by molar-refractivity contribution is -0.167. The van der Waals surface area contributed by atoms with Crippen molar-refractivity contribution < 1.29 is 29.0 Å². The Kier molecular flexibility index (Phi) is 9.76. The van der Waals surface area contributed by atoms with Gasteiger partial charge in [0.15, 0.2) is 0 Å². The first-order valence-electron chi connectivity index (χ1n) is 15.3. The lowest BCUT2D eigenvalue weighted by atomic mass is 9.91. The van der Waals surface area contributed by atoms with Crippen molar-refractivity contribution in [3.8, 4) is 0 Å². The Morgan fingerprint density at radius 3 is 2.02 bits per heavy atom. The molecule has 5 aromatic rings. The smallest absolute Gasteiger partial charge is 0.344 e. The van der Waals surface area contributed by atoms with E-state index in [1.165, 1.54) is 0 Å². The van der Waals surface area contributed by atoms with Gasteiger partial charge in [0.2, 0.25) is 11.4 Å². The number of nitrogens with two attached hydrogens (primary N) is 1. The fourth-order valence-corrected chi connectivity index (χ4v) is 5.82. The van der Waals surface area contributed by atoms with Gasteiger partial charge in [-0.25, -0.2) is 9.59 Å². The number of carboxylic acids is 1. The zero-order valence-corrected chi connectivity index (χ0v) is 25.6. The summed E-state index contributed by atoms with van der Waals surface area (Å²) in [5.74, 6) is -4.14. The van der Waals surface area contributed by atoms with Gasteiger partial charge < -0.3 is 20.9 Å². The molecule has 0 aliphatic heterocycles. The molecule has 0 aromatic heterocycles. The third-order valence-electron chi connectivity index (χ3n) is 8.10. The molecule has 0 radical (unpaired) electrons. The van der Waals surface area contributed by atoms with Crippen molar-refractivity contribution in [1.29, 1.82) is 0 Å². The van der Waals surface area contributed by atoms with Crippen molar-refractivity contribution in [2.45, 2.75) is 50.7 Å². The molecule has 0 saturated carbocycles. The van der Waals surface area contributed by atoms with Crippen LogP contribution in [0.5, 0.6) is 0 Å². The standard InChI is InChI=1S/C38H36N2O6/c1-2-18-38(36(43)44,37(45)46-32(24-34(39)41)21-26-16-17-27-12-6-7-13-28(27)20-26)40-35(42)33-23-30-15-9-8-14-29(30)22-31(33)19-25-10-4-3-5-11-25/h3-17,20,22-23,32H,2,18-19,21,24H2,1H3,(H2,39,41)(H,40,42)(H,43,44)/t32-,38-/m0/s1. The summed E-state index contributed by atoms with van der Waals surface area (Å²) in [6, 6.07) is 34.2. The van der Waals surface area contributed by atoms with Gasteiger partial charge in [-0.1, -0.05) is 116 Å². The van der Waals surface area contributed by atoms with Crippen LogP contribution in [-0.2, 0) is 32.0 Å². The molecule has 8 heteroatoms. The third-order valence-corrected chi connectivity index (χ3v) is 8.10. The zero-order chi connectivity index (χ0) is 32.7. The lowest BCUT2D eigenvalue weighted by Gasteiger charge is -2.30. The van der Waals surface area contributed by atoms with E-state index in [0.29, 0.717) is 12.0 Å². The maximum atomic E-state index is 14.0. The monoisotopic (exact) mass is 616 g/mol. The molecule has 4 N–H and O–H groups in total. The second-order valence-electron chi connectivity index (χ2n) is 11.5. The summed E-state index contributed by atoms with van der Waals surface area (Å²) in [7, 11) is 0. The normalized spacial score (nSPS) is 13.1. The highest BCUT2D eigenvalue weighted by atomic mass is 16.5. The molecule has 0 aliphatic carbocycles. The third kappa shape index (κ3) is 7.24. The molecule has 0 unspecified atom stereocenters. The molecule has 0 aliphatic rings.